The van der Waals surface area contributed by atoms with Crippen LogP contribution in [0, 0.1) is 22.7 Å². The Hall–Kier alpha value is -0.0400. The topological polar surface area (TPSA) is 9.23 Å². The van der Waals surface area contributed by atoms with Crippen LogP contribution < -0.4 is 0 Å². The van der Waals surface area contributed by atoms with Crippen molar-refractivity contribution >= 4 is 0 Å². The van der Waals surface area contributed by atoms with Crippen molar-refractivity contribution in [1.82, 2.24) is 0 Å². The van der Waals surface area contributed by atoms with E-state index >= 15 is 0 Å². The van der Waals surface area contributed by atoms with Crippen molar-refractivity contribution in [3.8, 4) is 0 Å². The fourth-order valence-electron chi connectivity index (χ4n) is 7.10. The van der Waals surface area contributed by atoms with Gasteiger partial charge in [0.15, 0.2) is 0 Å². The van der Waals surface area contributed by atoms with E-state index in [1.54, 1.807) is 0 Å². The van der Waals surface area contributed by atoms with Gasteiger partial charge in [-0.1, -0.05) is 39.0 Å². The Morgan fingerprint density at radius 1 is 1.00 bits per heavy atom. The molecule has 0 aromatic rings. The van der Waals surface area contributed by atoms with E-state index in [1.165, 1.54) is 64.2 Å². The number of hydrogen-bond donors (Lipinski definition) is 0. The van der Waals surface area contributed by atoms with Crippen LogP contribution >= 0.6 is 0 Å². The van der Waals surface area contributed by atoms with Crippen molar-refractivity contribution < 1.29 is 4.74 Å². The van der Waals surface area contributed by atoms with Gasteiger partial charge in [-0.3, -0.25) is 0 Å². The van der Waals surface area contributed by atoms with Crippen molar-refractivity contribution in [3.63, 3.8) is 0 Å². The number of hydrogen-bond acceptors (Lipinski definition) is 1. The van der Waals surface area contributed by atoms with Crippen molar-refractivity contribution in [2.45, 2.75) is 96.7 Å². The van der Waals surface area contributed by atoms with Crippen molar-refractivity contribution in [1.29, 1.82) is 0 Å². The molecule has 4 aliphatic carbocycles. The van der Waals surface area contributed by atoms with Gasteiger partial charge in [-0.15, -0.1) is 0 Å². The molecule has 4 fully saturated rings. The third-order valence-electron chi connectivity index (χ3n) is 7.70. The average molecular weight is 276 g/mol. The highest BCUT2D eigenvalue weighted by Crippen LogP contribution is 2.78. The van der Waals surface area contributed by atoms with Crippen molar-refractivity contribution in [2.24, 2.45) is 22.7 Å². The Morgan fingerprint density at radius 2 is 1.75 bits per heavy atom. The smallest absolute Gasteiger partial charge is 0.0658 e. The molecule has 1 heteroatoms. The van der Waals surface area contributed by atoms with Crippen LogP contribution in [-0.2, 0) is 4.74 Å². The lowest BCUT2D eigenvalue weighted by atomic mass is 9.29. The van der Waals surface area contributed by atoms with Crippen molar-refractivity contribution in [2.75, 3.05) is 0 Å². The molecule has 4 aliphatic rings. The molecule has 0 radical (unpaired) electrons. The molecule has 4 rings (SSSR count). The summed E-state index contributed by atoms with van der Waals surface area (Å²) in [6, 6.07) is 0. The van der Waals surface area contributed by atoms with Crippen LogP contribution in [0.1, 0.15) is 85.0 Å². The summed E-state index contributed by atoms with van der Waals surface area (Å²) < 4.78 is 6.76. The second kappa shape index (κ2) is 4.24. The van der Waals surface area contributed by atoms with Crippen molar-refractivity contribution in [3.05, 3.63) is 0 Å². The highest BCUT2D eigenvalue weighted by molar-refractivity contribution is 5.21. The lowest BCUT2D eigenvalue weighted by Gasteiger charge is -2.76. The van der Waals surface area contributed by atoms with Crippen LogP contribution in [0.2, 0.25) is 0 Å². The Kier molecular flexibility index (Phi) is 2.89. The quantitative estimate of drug-likeness (QED) is 0.677. The zero-order chi connectivity index (χ0) is 14.0. The molecule has 0 N–H and O–H groups in total. The summed E-state index contributed by atoms with van der Waals surface area (Å²) in [5, 5.41) is 0. The first-order valence-corrected chi connectivity index (χ1v) is 9.15. The van der Waals surface area contributed by atoms with E-state index in [0.29, 0.717) is 16.9 Å². The van der Waals surface area contributed by atoms with Gasteiger partial charge < -0.3 is 4.74 Å². The van der Waals surface area contributed by atoms with Crippen LogP contribution in [0.5, 0.6) is 0 Å². The summed E-state index contributed by atoms with van der Waals surface area (Å²) in [5.74, 6) is 2.05. The van der Waals surface area contributed by atoms with Crippen LogP contribution in [0.3, 0.4) is 0 Å². The maximum absolute atomic E-state index is 6.76. The van der Waals surface area contributed by atoms with Gasteiger partial charge in [0.05, 0.1) is 11.7 Å². The Bertz CT molecular complexity index is 397. The molecule has 4 unspecified atom stereocenters. The third kappa shape index (κ3) is 1.71. The molecule has 0 heterocycles. The van der Waals surface area contributed by atoms with Gasteiger partial charge in [-0.05, 0) is 63.2 Å². The summed E-state index contributed by atoms with van der Waals surface area (Å²) >= 11 is 0. The maximum Gasteiger partial charge on any atom is 0.0658 e. The molecule has 1 nitrogen and oxygen atoms in total. The minimum Gasteiger partial charge on any atom is -0.372 e. The van der Waals surface area contributed by atoms with Gasteiger partial charge in [0.1, 0.15) is 0 Å². The minimum absolute atomic E-state index is 0.190. The summed E-state index contributed by atoms with van der Waals surface area (Å²) in [4.78, 5) is 0. The van der Waals surface area contributed by atoms with E-state index in [9.17, 15) is 0 Å². The molecule has 0 amide bonds. The van der Waals surface area contributed by atoms with E-state index in [4.69, 9.17) is 4.74 Å². The van der Waals surface area contributed by atoms with Crippen LogP contribution in [0.25, 0.3) is 0 Å². The molecule has 5 atom stereocenters. The molecule has 0 aromatic carbocycles. The second-order valence-electron chi connectivity index (χ2n) is 9.17. The van der Waals surface area contributed by atoms with Gasteiger partial charge in [0, 0.05) is 5.41 Å². The molecule has 0 bridgehead atoms. The molecule has 4 saturated carbocycles. The number of ether oxygens (including phenoxy) is 1. The molecule has 0 spiro atoms. The van der Waals surface area contributed by atoms with E-state index < -0.39 is 0 Å². The van der Waals surface area contributed by atoms with Crippen LogP contribution in [0.15, 0.2) is 0 Å². The van der Waals surface area contributed by atoms with Crippen LogP contribution in [-0.4, -0.2) is 11.7 Å². The molecular formula is C19H32O. The normalized spacial score (nSPS) is 50.5. The van der Waals surface area contributed by atoms with Gasteiger partial charge in [-0.2, -0.15) is 0 Å². The van der Waals surface area contributed by atoms with E-state index in [0.717, 1.165) is 11.8 Å². The third-order valence-corrected chi connectivity index (χ3v) is 7.70. The molecule has 114 valence electrons. The average Bonchev–Trinajstić information content (AvgIpc) is 2.35. The first kappa shape index (κ1) is 13.6. The maximum atomic E-state index is 6.76. The molecular weight excluding hydrogens is 244 g/mol. The van der Waals surface area contributed by atoms with Gasteiger partial charge in [-0.25, -0.2) is 0 Å². The van der Waals surface area contributed by atoms with Gasteiger partial charge in [0.25, 0.3) is 0 Å². The summed E-state index contributed by atoms with van der Waals surface area (Å²) in [6.07, 6.45) is 14.6. The monoisotopic (exact) mass is 276 g/mol. The molecule has 0 saturated heterocycles. The minimum atomic E-state index is 0.190. The Labute approximate surface area is 124 Å². The summed E-state index contributed by atoms with van der Waals surface area (Å²) in [5.41, 5.74) is 1.46. The number of rotatable bonds is 3. The summed E-state index contributed by atoms with van der Waals surface area (Å²) in [6.45, 7) is 7.35. The van der Waals surface area contributed by atoms with Gasteiger partial charge in [0.2, 0.25) is 0 Å². The standard InChI is InChI=1S/C19H32O/c1-14(20-18(3)9-5-4-6-10-18)19-11-7-8-15-12-17(2,13-19)16(15)19/h14-16H,4-13H2,1-3H3/t14-,15?,16?,17?,19?/m0/s1. The van der Waals surface area contributed by atoms with E-state index in [-0.39, 0.29) is 5.60 Å². The van der Waals surface area contributed by atoms with Crippen LogP contribution in [0.4, 0.5) is 0 Å². The van der Waals surface area contributed by atoms with E-state index in [1.807, 2.05) is 0 Å². The molecule has 0 aromatic heterocycles. The zero-order valence-corrected chi connectivity index (χ0v) is 13.7. The lowest BCUT2D eigenvalue weighted by molar-refractivity contribution is -0.309. The highest BCUT2D eigenvalue weighted by atomic mass is 16.5. The first-order chi connectivity index (χ1) is 9.48. The Morgan fingerprint density at radius 3 is 2.45 bits per heavy atom. The fraction of sp³-hybridized carbons (Fsp3) is 1.00. The van der Waals surface area contributed by atoms with E-state index in [2.05, 4.69) is 20.8 Å². The predicted molar refractivity (Wildman–Crippen MR) is 82.6 cm³/mol. The lowest BCUT2D eigenvalue weighted by Crippen LogP contribution is -2.71. The SMILES string of the molecule is C[C@H](OC1(C)CCCCC1)C12CCCC3CC(C)(C1)C32. The second-order valence-corrected chi connectivity index (χ2v) is 9.17. The summed E-state index contributed by atoms with van der Waals surface area (Å²) in [7, 11) is 0. The Balaban J connectivity index is 1.49. The first-order valence-electron chi connectivity index (χ1n) is 9.15. The molecule has 0 aliphatic heterocycles. The predicted octanol–water partition coefficient (Wildman–Crippen LogP) is 5.33. The largest absolute Gasteiger partial charge is 0.372 e. The van der Waals surface area contributed by atoms with Gasteiger partial charge >= 0.3 is 0 Å². The molecule has 20 heavy (non-hydrogen) atoms. The highest BCUT2D eigenvalue weighted by Gasteiger charge is 2.72. The zero-order valence-electron chi connectivity index (χ0n) is 13.7. The fourth-order valence-corrected chi connectivity index (χ4v) is 7.10.